The Hall–Kier alpha value is -2.48. The van der Waals surface area contributed by atoms with E-state index < -0.39 is 11.7 Å². The maximum atomic E-state index is 13.8. The second-order valence-corrected chi connectivity index (χ2v) is 6.19. The first-order valence-corrected chi connectivity index (χ1v) is 8.88. The Morgan fingerprint density at radius 1 is 0.964 bits per heavy atom. The Labute approximate surface area is 169 Å². The van der Waals surface area contributed by atoms with E-state index in [-0.39, 0.29) is 23.9 Å². The lowest BCUT2D eigenvalue weighted by Crippen LogP contribution is -2.41. The standard InChI is InChI=1S/C20H22FN3O3.ClH/c21-17-7-3-1-5-15(17)20(26)23-18-8-4-2-6-16(18)19(25)22-9-10-24-11-13-27-14-12-24;/h1-8H,9-14H2,(H,22,25)(H,23,26);1H. The molecule has 3 rings (SSSR count). The predicted molar refractivity (Wildman–Crippen MR) is 108 cm³/mol. The van der Waals surface area contributed by atoms with E-state index in [1.165, 1.54) is 18.2 Å². The first-order chi connectivity index (χ1) is 13.1. The minimum atomic E-state index is -0.609. The SMILES string of the molecule is Cl.O=C(Nc1ccccc1C(=O)NCCN1CCOCC1)c1ccccc1F. The van der Waals surface area contributed by atoms with Crippen LogP contribution in [0.4, 0.5) is 10.1 Å². The zero-order valence-electron chi connectivity index (χ0n) is 15.3. The van der Waals surface area contributed by atoms with Crippen molar-refractivity contribution in [3.05, 3.63) is 65.5 Å². The molecular weight excluding hydrogens is 385 g/mol. The Morgan fingerprint density at radius 3 is 2.32 bits per heavy atom. The normalized spacial score (nSPS) is 14.0. The number of hydrogen-bond donors (Lipinski definition) is 2. The van der Waals surface area contributed by atoms with Gasteiger partial charge in [-0.1, -0.05) is 24.3 Å². The van der Waals surface area contributed by atoms with Gasteiger partial charge in [-0.3, -0.25) is 14.5 Å². The Morgan fingerprint density at radius 2 is 1.61 bits per heavy atom. The van der Waals surface area contributed by atoms with Gasteiger partial charge in [-0.05, 0) is 24.3 Å². The van der Waals surface area contributed by atoms with Gasteiger partial charge >= 0.3 is 0 Å². The van der Waals surface area contributed by atoms with Crippen molar-refractivity contribution >= 4 is 29.9 Å². The second kappa shape index (κ2) is 10.8. The number of halogens is 2. The fourth-order valence-corrected chi connectivity index (χ4v) is 2.87. The summed E-state index contributed by atoms with van der Waals surface area (Å²) in [5.74, 6) is -1.49. The lowest BCUT2D eigenvalue weighted by Gasteiger charge is -2.26. The summed E-state index contributed by atoms with van der Waals surface area (Å²) in [4.78, 5) is 27.1. The van der Waals surface area contributed by atoms with E-state index in [1.54, 1.807) is 30.3 Å². The number of nitrogens with zero attached hydrogens (tertiary/aromatic N) is 1. The van der Waals surface area contributed by atoms with Crippen molar-refractivity contribution in [2.75, 3.05) is 44.7 Å². The molecule has 8 heteroatoms. The zero-order chi connectivity index (χ0) is 19.1. The van der Waals surface area contributed by atoms with Crippen LogP contribution < -0.4 is 10.6 Å². The first-order valence-electron chi connectivity index (χ1n) is 8.88. The first kappa shape index (κ1) is 21.8. The van der Waals surface area contributed by atoms with E-state index >= 15 is 0 Å². The van der Waals surface area contributed by atoms with Crippen LogP contribution in [-0.4, -0.2) is 56.1 Å². The molecule has 150 valence electrons. The van der Waals surface area contributed by atoms with Crippen LogP contribution in [0.15, 0.2) is 48.5 Å². The van der Waals surface area contributed by atoms with Crippen LogP contribution in [0.2, 0.25) is 0 Å². The topological polar surface area (TPSA) is 70.7 Å². The van der Waals surface area contributed by atoms with Crippen LogP contribution in [0, 0.1) is 5.82 Å². The van der Waals surface area contributed by atoms with E-state index in [4.69, 9.17) is 4.74 Å². The molecule has 0 aliphatic carbocycles. The molecule has 2 amide bonds. The number of hydrogen-bond acceptors (Lipinski definition) is 4. The molecule has 2 aromatic carbocycles. The fraction of sp³-hybridized carbons (Fsp3) is 0.300. The summed E-state index contributed by atoms with van der Waals surface area (Å²) in [5, 5.41) is 5.49. The van der Waals surface area contributed by atoms with Gasteiger partial charge in [0.2, 0.25) is 0 Å². The summed E-state index contributed by atoms with van der Waals surface area (Å²) in [6, 6.07) is 12.4. The number of anilines is 1. The third kappa shape index (κ3) is 5.76. The highest BCUT2D eigenvalue weighted by atomic mass is 35.5. The van der Waals surface area contributed by atoms with Gasteiger partial charge in [-0.15, -0.1) is 12.4 Å². The Bertz CT molecular complexity index is 813. The van der Waals surface area contributed by atoms with Gasteiger partial charge in [0.1, 0.15) is 5.82 Å². The summed E-state index contributed by atoms with van der Waals surface area (Å²) in [6.07, 6.45) is 0. The second-order valence-electron chi connectivity index (χ2n) is 6.19. The van der Waals surface area contributed by atoms with Crippen molar-refractivity contribution in [1.29, 1.82) is 0 Å². The van der Waals surface area contributed by atoms with E-state index in [2.05, 4.69) is 15.5 Å². The number of para-hydroxylation sites is 1. The maximum Gasteiger partial charge on any atom is 0.258 e. The van der Waals surface area contributed by atoms with Crippen LogP contribution >= 0.6 is 12.4 Å². The minimum Gasteiger partial charge on any atom is -0.379 e. The summed E-state index contributed by atoms with van der Waals surface area (Å²) in [5.41, 5.74) is 0.610. The predicted octanol–water partition coefficient (Wildman–Crippen LogP) is 2.56. The fourth-order valence-electron chi connectivity index (χ4n) is 2.87. The smallest absolute Gasteiger partial charge is 0.258 e. The van der Waals surface area contributed by atoms with Crippen molar-refractivity contribution in [1.82, 2.24) is 10.2 Å². The summed E-state index contributed by atoms with van der Waals surface area (Å²) >= 11 is 0. The molecule has 28 heavy (non-hydrogen) atoms. The molecule has 1 saturated heterocycles. The van der Waals surface area contributed by atoms with Crippen molar-refractivity contribution in [3.63, 3.8) is 0 Å². The molecule has 0 radical (unpaired) electrons. The van der Waals surface area contributed by atoms with Crippen LogP contribution in [0.1, 0.15) is 20.7 Å². The lowest BCUT2D eigenvalue weighted by molar-refractivity contribution is 0.0383. The molecule has 1 aliphatic heterocycles. The molecule has 2 aromatic rings. The van der Waals surface area contributed by atoms with Gasteiger partial charge in [0, 0.05) is 26.2 Å². The van der Waals surface area contributed by atoms with Crippen LogP contribution in [-0.2, 0) is 4.74 Å². The summed E-state index contributed by atoms with van der Waals surface area (Å²) < 4.78 is 19.1. The third-order valence-corrected chi connectivity index (χ3v) is 4.36. The molecule has 1 aliphatic rings. The molecule has 0 spiro atoms. The molecule has 0 saturated carbocycles. The van der Waals surface area contributed by atoms with E-state index in [1.807, 2.05) is 0 Å². The number of carbonyl (C=O) groups is 2. The molecule has 1 fully saturated rings. The molecule has 0 atom stereocenters. The number of amides is 2. The summed E-state index contributed by atoms with van der Waals surface area (Å²) in [7, 11) is 0. The quantitative estimate of drug-likeness (QED) is 0.772. The number of carbonyl (C=O) groups excluding carboxylic acids is 2. The van der Waals surface area contributed by atoms with Gasteiger partial charge in [-0.25, -0.2) is 4.39 Å². The zero-order valence-corrected chi connectivity index (χ0v) is 16.1. The molecule has 6 nitrogen and oxygen atoms in total. The maximum absolute atomic E-state index is 13.8. The largest absolute Gasteiger partial charge is 0.379 e. The van der Waals surface area contributed by atoms with Gasteiger partial charge in [-0.2, -0.15) is 0 Å². The summed E-state index contributed by atoms with van der Waals surface area (Å²) in [6.45, 7) is 4.35. The number of benzene rings is 2. The lowest BCUT2D eigenvalue weighted by atomic mass is 10.1. The van der Waals surface area contributed by atoms with Crippen molar-refractivity contribution < 1.29 is 18.7 Å². The molecule has 0 bridgehead atoms. The van der Waals surface area contributed by atoms with Gasteiger partial charge in [0.15, 0.2) is 0 Å². The van der Waals surface area contributed by atoms with Gasteiger partial charge in [0.05, 0.1) is 30.0 Å². The third-order valence-electron chi connectivity index (χ3n) is 4.36. The van der Waals surface area contributed by atoms with E-state index in [0.717, 1.165) is 19.6 Å². The van der Waals surface area contributed by atoms with Crippen molar-refractivity contribution in [2.45, 2.75) is 0 Å². The Balaban J connectivity index is 0.00000280. The molecule has 0 unspecified atom stereocenters. The van der Waals surface area contributed by atoms with Crippen molar-refractivity contribution in [3.8, 4) is 0 Å². The van der Waals surface area contributed by atoms with Crippen LogP contribution in [0.3, 0.4) is 0 Å². The number of ether oxygens (including phenoxy) is 1. The van der Waals surface area contributed by atoms with Crippen LogP contribution in [0.25, 0.3) is 0 Å². The Kier molecular flexibility index (Phi) is 8.38. The highest BCUT2D eigenvalue weighted by Crippen LogP contribution is 2.17. The monoisotopic (exact) mass is 407 g/mol. The molecule has 0 aromatic heterocycles. The highest BCUT2D eigenvalue weighted by Gasteiger charge is 2.16. The van der Waals surface area contributed by atoms with E-state index in [9.17, 15) is 14.0 Å². The number of nitrogens with one attached hydrogen (secondary N) is 2. The van der Waals surface area contributed by atoms with Crippen molar-refractivity contribution in [2.24, 2.45) is 0 Å². The average molecular weight is 408 g/mol. The molecule has 2 N–H and O–H groups in total. The van der Waals surface area contributed by atoms with Gasteiger partial charge < -0.3 is 15.4 Å². The number of rotatable bonds is 6. The van der Waals surface area contributed by atoms with Crippen LogP contribution in [0.5, 0.6) is 0 Å². The number of morpholine rings is 1. The van der Waals surface area contributed by atoms with E-state index in [0.29, 0.717) is 31.0 Å². The average Bonchev–Trinajstić information content (AvgIpc) is 2.69. The highest BCUT2D eigenvalue weighted by molar-refractivity contribution is 6.09. The minimum absolute atomic E-state index is 0. The van der Waals surface area contributed by atoms with Gasteiger partial charge in [0.25, 0.3) is 11.8 Å². The molecular formula is C20H23ClFN3O3. The molecule has 1 heterocycles.